The van der Waals surface area contributed by atoms with Gasteiger partial charge in [0.1, 0.15) is 6.07 Å². The number of allylic oxidation sites excluding steroid dienone is 1. The lowest BCUT2D eigenvalue weighted by Crippen LogP contribution is -2.10. The van der Waals surface area contributed by atoms with Crippen LogP contribution in [0.4, 0.5) is 0 Å². The molecule has 4 nitrogen and oxygen atoms in total. The molecule has 4 rings (SSSR count). The molecule has 0 saturated heterocycles. The number of aromatic nitrogens is 1. The van der Waals surface area contributed by atoms with Crippen molar-refractivity contribution in [3.63, 3.8) is 0 Å². The van der Waals surface area contributed by atoms with E-state index < -0.39 is 5.97 Å². The first kappa shape index (κ1) is 15.6. The second kappa shape index (κ2) is 6.50. The molecule has 1 aliphatic carbocycles. The maximum atomic E-state index is 12.6. The Morgan fingerprint density at radius 3 is 2.96 bits per heavy atom. The van der Waals surface area contributed by atoms with Gasteiger partial charge in [-0.2, -0.15) is 5.26 Å². The Kier molecular flexibility index (Phi) is 4.04. The number of esters is 1. The van der Waals surface area contributed by atoms with Crippen LogP contribution in [0.1, 0.15) is 32.9 Å². The van der Waals surface area contributed by atoms with E-state index in [1.165, 1.54) is 4.88 Å². The van der Waals surface area contributed by atoms with Crippen LogP contribution in [0.2, 0.25) is 0 Å². The third-order valence-electron chi connectivity index (χ3n) is 4.27. The molecule has 2 aromatic heterocycles. The lowest BCUT2D eigenvalue weighted by atomic mass is 10.0. The molecule has 0 bridgehead atoms. The first-order valence-electron chi connectivity index (χ1n) is 7.98. The summed E-state index contributed by atoms with van der Waals surface area (Å²) in [7, 11) is 0. The van der Waals surface area contributed by atoms with Gasteiger partial charge in [0.05, 0.1) is 16.8 Å². The van der Waals surface area contributed by atoms with E-state index in [1.54, 1.807) is 11.3 Å². The zero-order valence-corrected chi connectivity index (χ0v) is 14.2. The molecule has 2 heterocycles. The number of hydrogen-bond acceptors (Lipinski definition) is 5. The summed E-state index contributed by atoms with van der Waals surface area (Å²) in [6.07, 6.45) is 3.74. The summed E-state index contributed by atoms with van der Waals surface area (Å²) in [5.74, 6) is -0.450. The first-order chi connectivity index (χ1) is 12.3. The number of hydrogen-bond donors (Lipinski definition) is 0. The van der Waals surface area contributed by atoms with E-state index in [1.807, 2.05) is 41.8 Å². The first-order valence-corrected chi connectivity index (χ1v) is 8.86. The molecule has 0 atom stereocenters. The van der Waals surface area contributed by atoms with Gasteiger partial charge in [0, 0.05) is 10.3 Å². The van der Waals surface area contributed by atoms with E-state index in [0.29, 0.717) is 5.56 Å². The Morgan fingerprint density at radius 1 is 1.28 bits per heavy atom. The van der Waals surface area contributed by atoms with Crippen molar-refractivity contribution >= 4 is 39.9 Å². The molecule has 0 amide bonds. The fourth-order valence-corrected chi connectivity index (χ4v) is 3.91. The zero-order valence-electron chi connectivity index (χ0n) is 13.4. The van der Waals surface area contributed by atoms with Crippen LogP contribution in [0, 0.1) is 11.3 Å². The largest absolute Gasteiger partial charge is 0.447 e. The van der Waals surface area contributed by atoms with Gasteiger partial charge in [-0.25, -0.2) is 9.78 Å². The van der Waals surface area contributed by atoms with Crippen molar-refractivity contribution in [1.29, 1.82) is 5.26 Å². The molecule has 0 radical (unpaired) electrons. The highest BCUT2D eigenvalue weighted by atomic mass is 32.1. The summed E-state index contributed by atoms with van der Waals surface area (Å²) in [4.78, 5) is 18.6. The number of thiophene rings is 1. The quantitative estimate of drug-likeness (QED) is 0.657. The van der Waals surface area contributed by atoms with E-state index in [4.69, 9.17) is 15.0 Å². The van der Waals surface area contributed by atoms with Crippen molar-refractivity contribution in [2.45, 2.75) is 12.8 Å². The van der Waals surface area contributed by atoms with Gasteiger partial charge in [-0.15, -0.1) is 11.3 Å². The summed E-state index contributed by atoms with van der Waals surface area (Å²) >= 11 is 1.68. The Hall–Kier alpha value is -2.97. The number of para-hydroxylation sites is 1. The number of fused-ring (bicyclic) bond motifs is 2. The molecule has 0 fully saturated rings. The highest BCUT2D eigenvalue weighted by Crippen LogP contribution is 2.38. The zero-order chi connectivity index (χ0) is 17.2. The molecule has 0 saturated carbocycles. The molecule has 5 heteroatoms. The number of ether oxygens (including phenoxy) is 1. The Balaban J connectivity index is 1.90. The average molecular weight is 346 g/mol. The third-order valence-corrected chi connectivity index (χ3v) is 5.09. The number of rotatable bonds is 3. The SMILES string of the molecule is N#CCOC(=O)c1c2c(nc3ccccc13)C(=Cc1cccs1)CC2. The van der Waals surface area contributed by atoms with E-state index in [9.17, 15) is 4.79 Å². The fourth-order valence-electron chi connectivity index (χ4n) is 3.23. The van der Waals surface area contributed by atoms with E-state index in [2.05, 4.69) is 12.1 Å². The second-order valence-electron chi connectivity index (χ2n) is 5.75. The van der Waals surface area contributed by atoms with Gasteiger partial charge in [0.2, 0.25) is 0 Å². The van der Waals surface area contributed by atoms with E-state index >= 15 is 0 Å². The third kappa shape index (κ3) is 2.81. The topological polar surface area (TPSA) is 63.0 Å². The van der Waals surface area contributed by atoms with Crippen molar-refractivity contribution in [3.05, 3.63) is 63.5 Å². The Morgan fingerprint density at radius 2 is 2.16 bits per heavy atom. The van der Waals surface area contributed by atoms with Gasteiger partial charge in [0.15, 0.2) is 6.61 Å². The molecule has 1 aromatic carbocycles. The fraction of sp³-hybridized carbons (Fsp3) is 0.150. The molecule has 0 spiro atoms. The number of nitrogens with zero attached hydrogens (tertiary/aromatic N) is 2. The van der Waals surface area contributed by atoms with Gasteiger partial charge >= 0.3 is 5.97 Å². The van der Waals surface area contributed by atoms with Gasteiger partial charge in [-0.1, -0.05) is 24.3 Å². The van der Waals surface area contributed by atoms with Gasteiger partial charge < -0.3 is 4.74 Å². The van der Waals surface area contributed by atoms with Crippen molar-refractivity contribution in [2.24, 2.45) is 0 Å². The highest BCUT2D eigenvalue weighted by Gasteiger charge is 2.27. The predicted molar refractivity (Wildman–Crippen MR) is 98.1 cm³/mol. The van der Waals surface area contributed by atoms with Crippen LogP contribution < -0.4 is 0 Å². The van der Waals surface area contributed by atoms with Crippen LogP contribution >= 0.6 is 11.3 Å². The molecule has 0 unspecified atom stereocenters. The van der Waals surface area contributed by atoms with Crippen LogP contribution in [-0.4, -0.2) is 17.6 Å². The lowest BCUT2D eigenvalue weighted by molar-refractivity contribution is 0.0556. The maximum absolute atomic E-state index is 12.6. The maximum Gasteiger partial charge on any atom is 0.340 e. The Labute approximate surface area is 149 Å². The van der Waals surface area contributed by atoms with Crippen molar-refractivity contribution in [3.8, 4) is 6.07 Å². The number of nitriles is 1. The molecular formula is C20H14N2O2S. The summed E-state index contributed by atoms with van der Waals surface area (Å²) in [6, 6.07) is 13.5. The minimum absolute atomic E-state index is 0.248. The molecular weight excluding hydrogens is 332 g/mol. The summed E-state index contributed by atoms with van der Waals surface area (Å²) in [6.45, 7) is -0.248. The number of carbonyl (C=O) groups is 1. The van der Waals surface area contributed by atoms with Crippen molar-refractivity contribution < 1.29 is 9.53 Å². The molecule has 1 aliphatic rings. The van der Waals surface area contributed by atoms with E-state index in [0.717, 1.165) is 40.6 Å². The van der Waals surface area contributed by atoms with Crippen LogP contribution in [0.5, 0.6) is 0 Å². The average Bonchev–Trinajstić information content (AvgIpc) is 3.28. The van der Waals surface area contributed by atoms with E-state index in [-0.39, 0.29) is 6.61 Å². The standard InChI is InChI=1S/C20H14N2O2S/c21-9-10-24-20(23)18-15-5-1-2-6-17(15)22-19-13(7-8-16(18)19)12-14-4-3-11-25-14/h1-6,11-12H,7-8,10H2. The number of carbonyl (C=O) groups excluding carboxylic acids is 1. The van der Waals surface area contributed by atoms with Crippen LogP contribution in [0.15, 0.2) is 41.8 Å². The minimum atomic E-state index is -0.450. The highest BCUT2D eigenvalue weighted by molar-refractivity contribution is 7.10. The lowest BCUT2D eigenvalue weighted by Gasteiger charge is -2.11. The molecule has 122 valence electrons. The monoisotopic (exact) mass is 346 g/mol. The van der Waals surface area contributed by atoms with Crippen LogP contribution in [0.25, 0.3) is 22.6 Å². The normalized spacial score (nSPS) is 14.4. The molecule has 3 aromatic rings. The molecule has 0 N–H and O–H groups in total. The summed E-state index contributed by atoms with van der Waals surface area (Å²) < 4.78 is 5.11. The summed E-state index contributed by atoms with van der Waals surface area (Å²) in [5, 5.41) is 11.5. The van der Waals surface area contributed by atoms with Crippen LogP contribution in [-0.2, 0) is 11.2 Å². The Bertz CT molecular complexity index is 1030. The number of benzene rings is 1. The van der Waals surface area contributed by atoms with Gasteiger partial charge in [-0.05, 0) is 47.6 Å². The molecule has 0 aliphatic heterocycles. The van der Waals surface area contributed by atoms with Crippen LogP contribution in [0.3, 0.4) is 0 Å². The van der Waals surface area contributed by atoms with Gasteiger partial charge in [-0.3, -0.25) is 0 Å². The molecule has 25 heavy (non-hydrogen) atoms. The van der Waals surface area contributed by atoms with Crippen molar-refractivity contribution in [2.75, 3.05) is 6.61 Å². The number of pyridine rings is 1. The second-order valence-corrected chi connectivity index (χ2v) is 6.73. The predicted octanol–water partition coefficient (Wildman–Crippen LogP) is 4.46. The summed E-state index contributed by atoms with van der Waals surface area (Å²) in [5.41, 5.74) is 4.24. The van der Waals surface area contributed by atoms with Crippen molar-refractivity contribution in [1.82, 2.24) is 4.98 Å². The smallest absolute Gasteiger partial charge is 0.340 e. The minimum Gasteiger partial charge on any atom is -0.447 e. The van der Waals surface area contributed by atoms with Gasteiger partial charge in [0.25, 0.3) is 0 Å².